The molecule has 0 unspecified atom stereocenters. The van der Waals surface area contributed by atoms with Crippen LogP contribution in [0.1, 0.15) is 17.3 Å². The molecule has 0 saturated heterocycles. The van der Waals surface area contributed by atoms with Crippen LogP contribution in [0.4, 0.5) is 11.6 Å². The lowest BCUT2D eigenvalue weighted by atomic mass is 10.2. The van der Waals surface area contributed by atoms with Gasteiger partial charge in [0.2, 0.25) is 5.95 Å². The van der Waals surface area contributed by atoms with Crippen molar-refractivity contribution in [3.63, 3.8) is 0 Å². The van der Waals surface area contributed by atoms with Crippen LogP contribution in [0.5, 0.6) is 0 Å². The number of H-pyrrole nitrogens is 1. The smallest absolute Gasteiger partial charge is 0.397 e. The summed E-state index contributed by atoms with van der Waals surface area (Å²) in [5, 5.41) is 17.1. The summed E-state index contributed by atoms with van der Waals surface area (Å²) in [6, 6.07) is 4.36. The quantitative estimate of drug-likeness (QED) is 0.548. The van der Waals surface area contributed by atoms with Crippen molar-refractivity contribution in [2.75, 3.05) is 17.2 Å². The molecule has 1 aromatic carbocycles. The molecule has 2 aromatic rings. The second-order valence-corrected chi connectivity index (χ2v) is 4.42. The molecule has 11 heteroatoms. The predicted octanol–water partition coefficient (Wildman–Crippen LogP) is 0.607. The number of carbonyl (C=O) groups is 3. The Morgan fingerprint density at radius 1 is 1.30 bits per heavy atom. The molecule has 0 saturated carbocycles. The van der Waals surface area contributed by atoms with E-state index in [1.54, 1.807) is 6.92 Å². The number of halogens is 1. The molecule has 120 valence electrons. The number of amides is 2. The van der Waals surface area contributed by atoms with Gasteiger partial charge in [0.15, 0.2) is 0 Å². The molecule has 0 bridgehead atoms. The molecular weight excluding hydrogens is 328 g/mol. The fraction of sp³-hybridized carbons (Fsp3) is 0.167. The van der Waals surface area contributed by atoms with Gasteiger partial charge in [0.1, 0.15) is 0 Å². The van der Waals surface area contributed by atoms with E-state index in [0.717, 1.165) is 0 Å². The summed E-state index contributed by atoms with van der Waals surface area (Å²) in [6.07, 6.45) is 0. The third-order valence-corrected chi connectivity index (χ3v) is 2.94. The van der Waals surface area contributed by atoms with Gasteiger partial charge in [-0.3, -0.25) is 14.9 Å². The van der Waals surface area contributed by atoms with E-state index in [4.69, 9.17) is 11.6 Å². The monoisotopic (exact) mass is 338 g/mol. The first kappa shape index (κ1) is 16.4. The standard InChI is InChI=1S/C12H11ClN6O4/c1-2-23-11(22)10(21)14-7-5-3-4-6(8(7)13)9(20)15-12-16-18-19-17-12/h3-5H,2H2,1H3,(H,14,21)(H2,15,16,17,18,19,20). The summed E-state index contributed by atoms with van der Waals surface area (Å²) in [6.45, 7) is 1.63. The largest absolute Gasteiger partial charge is 0.459 e. The topological polar surface area (TPSA) is 139 Å². The summed E-state index contributed by atoms with van der Waals surface area (Å²) in [4.78, 5) is 35.0. The van der Waals surface area contributed by atoms with Gasteiger partial charge in [0.05, 0.1) is 22.9 Å². The van der Waals surface area contributed by atoms with Crippen LogP contribution < -0.4 is 10.6 Å². The van der Waals surface area contributed by atoms with Crippen molar-refractivity contribution >= 4 is 41.0 Å². The predicted molar refractivity (Wildman–Crippen MR) is 78.8 cm³/mol. The lowest BCUT2D eigenvalue weighted by Gasteiger charge is -2.10. The van der Waals surface area contributed by atoms with Crippen LogP contribution in [0.15, 0.2) is 18.2 Å². The van der Waals surface area contributed by atoms with Gasteiger partial charge in [-0.1, -0.05) is 22.8 Å². The number of rotatable bonds is 4. The number of anilines is 2. The van der Waals surface area contributed by atoms with Crippen molar-refractivity contribution < 1.29 is 19.1 Å². The number of hydrogen-bond acceptors (Lipinski definition) is 7. The van der Waals surface area contributed by atoms with E-state index in [9.17, 15) is 14.4 Å². The highest BCUT2D eigenvalue weighted by Crippen LogP contribution is 2.26. The van der Waals surface area contributed by atoms with Gasteiger partial charge in [-0.15, -0.1) is 0 Å². The number of hydrogen-bond donors (Lipinski definition) is 3. The van der Waals surface area contributed by atoms with Crippen molar-refractivity contribution in [2.24, 2.45) is 0 Å². The number of esters is 1. The maximum absolute atomic E-state index is 12.1. The number of aromatic amines is 1. The van der Waals surface area contributed by atoms with Gasteiger partial charge in [-0.05, 0) is 29.5 Å². The molecule has 0 fully saturated rings. The van der Waals surface area contributed by atoms with Gasteiger partial charge in [-0.25, -0.2) is 9.89 Å². The molecular formula is C12H11ClN6O4. The minimum Gasteiger partial charge on any atom is -0.459 e. The average Bonchev–Trinajstić information content (AvgIpc) is 3.02. The van der Waals surface area contributed by atoms with Crippen LogP contribution in [-0.4, -0.2) is 45.0 Å². The summed E-state index contributed by atoms with van der Waals surface area (Å²) in [5.74, 6) is -2.61. The van der Waals surface area contributed by atoms with Crippen LogP contribution in [0, 0.1) is 0 Å². The minimum absolute atomic E-state index is 0.0343. The van der Waals surface area contributed by atoms with Crippen molar-refractivity contribution in [2.45, 2.75) is 6.92 Å². The second kappa shape index (κ2) is 7.31. The first-order valence-corrected chi connectivity index (χ1v) is 6.72. The number of nitrogens with zero attached hydrogens (tertiary/aromatic N) is 3. The molecule has 1 heterocycles. The fourth-order valence-electron chi connectivity index (χ4n) is 1.56. The summed E-state index contributed by atoms with van der Waals surface area (Å²) >= 11 is 6.08. The number of tetrazole rings is 1. The molecule has 1 aromatic heterocycles. The molecule has 0 aliphatic heterocycles. The Morgan fingerprint density at radius 3 is 2.74 bits per heavy atom. The number of benzene rings is 1. The zero-order valence-electron chi connectivity index (χ0n) is 11.8. The highest BCUT2D eigenvalue weighted by Gasteiger charge is 2.19. The number of aromatic nitrogens is 4. The van der Waals surface area contributed by atoms with Gasteiger partial charge in [0.25, 0.3) is 5.91 Å². The molecule has 2 amide bonds. The van der Waals surface area contributed by atoms with Crippen molar-refractivity contribution in [3.05, 3.63) is 28.8 Å². The van der Waals surface area contributed by atoms with Gasteiger partial charge in [-0.2, -0.15) is 0 Å². The molecule has 23 heavy (non-hydrogen) atoms. The van der Waals surface area contributed by atoms with E-state index in [1.165, 1.54) is 18.2 Å². The van der Waals surface area contributed by atoms with Gasteiger partial charge >= 0.3 is 11.9 Å². The fourth-order valence-corrected chi connectivity index (χ4v) is 1.82. The zero-order chi connectivity index (χ0) is 16.8. The Balaban J connectivity index is 2.16. The normalized spacial score (nSPS) is 10.0. The van der Waals surface area contributed by atoms with Crippen LogP contribution in [0.2, 0.25) is 5.02 Å². The van der Waals surface area contributed by atoms with Gasteiger partial charge in [0, 0.05) is 0 Å². The van der Waals surface area contributed by atoms with E-state index in [2.05, 4.69) is 36.0 Å². The van der Waals surface area contributed by atoms with Gasteiger partial charge < -0.3 is 10.1 Å². The van der Waals surface area contributed by atoms with Crippen molar-refractivity contribution in [1.29, 1.82) is 0 Å². The zero-order valence-corrected chi connectivity index (χ0v) is 12.5. The SMILES string of the molecule is CCOC(=O)C(=O)Nc1cccc(C(=O)Nc2nnn[nH]2)c1Cl. The maximum Gasteiger partial charge on any atom is 0.397 e. The maximum atomic E-state index is 12.1. The van der Waals surface area contributed by atoms with E-state index < -0.39 is 17.8 Å². The Bertz CT molecular complexity index is 733. The van der Waals surface area contributed by atoms with Crippen LogP contribution >= 0.6 is 11.6 Å². The van der Waals surface area contributed by atoms with E-state index in [1.807, 2.05) is 0 Å². The summed E-state index contributed by atoms with van der Waals surface area (Å²) < 4.78 is 4.56. The summed E-state index contributed by atoms with van der Waals surface area (Å²) in [7, 11) is 0. The third kappa shape index (κ3) is 4.01. The van der Waals surface area contributed by atoms with E-state index >= 15 is 0 Å². The highest BCUT2D eigenvalue weighted by atomic mass is 35.5. The molecule has 2 rings (SSSR count). The molecule has 0 spiro atoms. The van der Waals surface area contributed by atoms with Crippen molar-refractivity contribution in [3.8, 4) is 0 Å². The number of ether oxygens (including phenoxy) is 1. The van der Waals surface area contributed by atoms with Crippen LogP contribution in [-0.2, 0) is 14.3 Å². The summed E-state index contributed by atoms with van der Waals surface area (Å²) in [5.41, 5.74) is 0.151. The number of nitrogens with one attached hydrogen (secondary N) is 3. The Morgan fingerprint density at radius 2 is 2.09 bits per heavy atom. The first-order chi connectivity index (χ1) is 11.0. The average molecular weight is 339 g/mol. The highest BCUT2D eigenvalue weighted by molar-refractivity contribution is 6.41. The Labute approximate surface area is 134 Å². The lowest BCUT2D eigenvalue weighted by molar-refractivity contribution is -0.152. The molecule has 0 aliphatic rings. The van der Waals surface area contributed by atoms with Crippen LogP contribution in [0.25, 0.3) is 0 Å². The van der Waals surface area contributed by atoms with Crippen molar-refractivity contribution in [1.82, 2.24) is 20.6 Å². The minimum atomic E-state index is -1.05. The molecule has 0 atom stereocenters. The molecule has 3 N–H and O–H groups in total. The molecule has 0 radical (unpaired) electrons. The Hall–Kier alpha value is -3.01. The van der Waals surface area contributed by atoms with Crippen LogP contribution in [0.3, 0.4) is 0 Å². The Kier molecular flexibility index (Phi) is 5.20. The van der Waals surface area contributed by atoms with E-state index in [-0.39, 0.29) is 28.8 Å². The first-order valence-electron chi connectivity index (χ1n) is 6.34. The second-order valence-electron chi connectivity index (χ2n) is 4.05. The van der Waals surface area contributed by atoms with E-state index in [0.29, 0.717) is 0 Å². The third-order valence-electron chi connectivity index (χ3n) is 2.53. The molecule has 0 aliphatic carbocycles. The number of carbonyl (C=O) groups excluding carboxylic acids is 3. The molecule has 10 nitrogen and oxygen atoms in total. The lowest BCUT2D eigenvalue weighted by Crippen LogP contribution is -2.25.